The quantitative estimate of drug-likeness (QED) is 0.677. The van der Waals surface area contributed by atoms with E-state index in [0.29, 0.717) is 0 Å². The van der Waals surface area contributed by atoms with E-state index in [1.54, 1.807) is 0 Å². The van der Waals surface area contributed by atoms with Gasteiger partial charge in [-0.3, -0.25) is 4.36 Å². The first-order valence-electron chi connectivity index (χ1n) is 4.80. The summed E-state index contributed by atoms with van der Waals surface area (Å²) in [6.45, 7) is 5.19. The predicted molar refractivity (Wildman–Crippen MR) is 69.3 cm³/mol. The Morgan fingerprint density at radius 3 is 2.21 bits per heavy atom. The molecule has 0 unspecified atom stereocenters. The lowest BCUT2D eigenvalue weighted by Gasteiger charge is -2.34. The molecule has 0 saturated carbocycles. The van der Waals surface area contributed by atoms with Crippen LogP contribution in [0.1, 0.15) is 5.56 Å². The van der Waals surface area contributed by atoms with E-state index in [1.165, 1.54) is 5.56 Å². The minimum absolute atomic E-state index is 0.830. The van der Waals surface area contributed by atoms with E-state index in [1.807, 2.05) is 6.07 Å². The topological polar surface area (TPSA) is 12.4 Å². The molecule has 1 rings (SSSR count). The Hall–Kier alpha value is -0.565. The van der Waals surface area contributed by atoms with Crippen LogP contribution in [-0.4, -0.2) is 25.3 Å². The van der Waals surface area contributed by atoms with Crippen LogP contribution < -0.4 is 0 Å². The molecule has 1 aromatic rings. The monoisotopic (exact) mass is 208 g/mol. The van der Waals surface area contributed by atoms with Gasteiger partial charge in [-0.1, -0.05) is 37.2 Å². The largest absolute Gasteiger partial charge is 0.287 e. The van der Waals surface area contributed by atoms with Gasteiger partial charge in [0, 0.05) is 0 Å². The number of hydrogen-bond donors (Lipinski definition) is 0. The summed E-state index contributed by atoms with van der Waals surface area (Å²) < 4.78 is 4.83. The molecular weight excluding hydrogens is 189 g/mol. The van der Waals surface area contributed by atoms with E-state index in [-0.39, 0.29) is 0 Å². The zero-order chi connectivity index (χ0) is 10.7. The maximum atomic E-state index is 4.83. The Bertz CT molecular complexity index is 353. The van der Waals surface area contributed by atoms with Crippen LogP contribution in [0.5, 0.6) is 0 Å². The maximum Gasteiger partial charge on any atom is 0.182 e. The molecule has 1 aromatic carbocycles. The second-order valence-corrected chi connectivity index (χ2v) is 10.5. The minimum Gasteiger partial charge on any atom is -0.287 e. The van der Waals surface area contributed by atoms with E-state index < -0.39 is 8.81 Å². The smallest absolute Gasteiger partial charge is 0.182 e. The van der Waals surface area contributed by atoms with Crippen LogP contribution in [0.4, 0.5) is 0 Å². The summed E-state index contributed by atoms with van der Waals surface area (Å²) >= 11 is 0. The van der Waals surface area contributed by atoms with Gasteiger partial charge in [0.05, 0.1) is 6.54 Å². The molecule has 0 heterocycles. The van der Waals surface area contributed by atoms with Gasteiger partial charge in [-0.05, 0) is 24.3 Å². The maximum absolute atomic E-state index is 4.83. The van der Waals surface area contributed by atoms with Crippen LogP contribution >= 0.6 is 0 Å². The lowest BCUT2D eigenvalue weighted by molar-refractivity contribution is 1.09. The van der Waals surface area contributed by atoms with Crippen molar-refractivity contribution in [2.75, 3.05) is 18.8 Å². The molecule has 0 fully saturated rings. The molecule has 0 N–H and O–H groups in total. The van der Waals surface area contributed by atoms with Crippen LogP contribution in [-0.2, 0) is 15.4 Å². The highest BCUT2D eigenvalue weighted by molar-refractivity contribution is 8.39. The second-order valence-electron chi connectivity index (χ2n) is 4.59. The second kappa shape index (κ2) is 3.89. The molecule has 0 aliphatic heterocycles. The Kier molecular flexibility index (Phi) is 3.20. The molecule has 0 aliphatic rings. The van der Waals surface area contributed by atoms with E-state index >= 15 is 0 Å². The van der Waals surface area contributed by atoms with Crippen molar-refractivity contribution in [3.8, 4) is 0 Å². The van der Waals surface area contributed by atoms with E-state index in [9.17, 15) is 0 Å². The van der Waals surface area contributed by atoms with E-state index in [0.717, 1.165) is 6.54 Å². The van der Waals surface area contributed by atoms with E-state index in [2.05, 4.69) is 56.4 Å². The molecule has 0 bridgehead atoms. The standard InChI is InChI=1S/C11H19BNS/c1-12-14(2,3,4)13-10-11-8-6-5-7-9-11/h5-9H,10H2,1-4H3. The fourth-order valence-corrected chi connectivity index (χ4v) is 1.72. The van der Waals surface area contributed by atoms with Gasteiger partial charge in [-0.25, -0.2) is 8.81 Å². The summed E-state index contributed by atoms with van der Waals surface area (Å²) in [6, 6.07) is 10.4. The van der Waals surface area contributed by atoms with E-state index in [4.69, 9.17) is 4.36 Å². The minimum atomic E-state index is -1.58. The summed E-state index contributed by atoms with van der Waals surface area (Å²) in [6.07, 6.45) is 6.75. The molecule has 0 amide bonds. The first kappa shape index (κ1) is 11.5. The van der Waals surface area contributed by atoms with Crippen LogP contribution in [0.2, 0.25) is 6.82 Å². The summed E-state index contributed by atoms with van der Waals surface area (Å²) in [5.74, 6) is 0. The van der Waals surface area contributed by atoms with Crippen LogP contribution in [0.25, 0.3) is 0 Å². The normalized spacial score (nSPS) is 14.1. The van der Waals surface area contributed by atoms with Crippen molar-refractivity contribution in [2.45, 2.75) is 13.4 Å². The summed E-state index contributed by atoms with van der Waals surface area (Å²) in [7, 11) is -1.58. The van der Waals surface area contributed by atoms with Gasteiger partial charge in [0.2, 0.25) is 0 Å². The third kappa shape index (κ3) is 3.66. The van der Waals surface area contributed by atoms with Crippen LogP contribution in [0.15, 0.2) is 34.7 Å². The number of rotatable bonds is 3. The first-order chi connectivity index (χ1) is 6.41. The van der Waals surface area contributed by atoms with Crippen LogP contribution in [0.3, 0.4) is 0 Å². The fourth-order valence-electron chi connectivity index (χ4n) is 0.963. The lowest BCUT2D eigenvalue weighted by atomic mass is 10.2. The summed E-state index contributed by atoms with van der Waals surface area (Å²) in [5.41, 5.74) is 1.29. The third-order valence-corrected chi connectivity index (χ3v) is 5.04. The Labute approximate surface area is 88.1 Å². The number of hydrogen-bond acceptors (Lipinski definition) is 1. The average Bonchev–Trinajstić information content (AvgIpc) is 2.17. The first-order valence-corrected chi connectivity index (χ1v) is 8.09. The highest BCUT2D eigenvalue weighted by atomic mass is 32.3. The molecule has 77 valence electrons. The highest BCUT2D eigenvalue weighted by Gasteiger charge is 2.14. The van der Waals surface area contributed by atoms with Crippen molar-refractivity contribution in [1.82, 2.24) is 0 Å². The van der Waals surface area contributed by atoms with Gasteiger partial charge in [0.1, 0.15) is 0 Å². The molecule has 0 spiro atoms. The Morgan fingerprint density at radius 2 is 1.71 bits per heavy atom. The number of nitrogens with zero attached hydrogens (tertiary/aromatic N) is 1. The summed E-state index contributed by atoms with van der Waals surface area (Å²) in [4.78, 5) is 0. The van der Waals surface area contributed by atoms with Crippen molar-refractivity contribution in [2.24, 2.45) is 4.36 Å². The zero-order valence-electron chi connectivity index (χ0n) is 9.53. The van der Waals surface area contributed by atoms with Crippen molar-refractivity contribution < 1.29 is 0 Å². The SMILES string of the molecule is C[B]S(C)(C)(C)=NCc1ccccc1. The van der Waals surface area contributed by atoms with Gasteiger partial charge in [-0.2, -0.15) is 0 Å². The lowest BCUT2D eigenvalue weighted by Crippen LogP contribution is -2.32. The molecule has 0 saturated heterocycles. The highest BCUT2D eigenvalue weighted by Crippen LogP contribution is 2.17. The predicted octanol–water partition coefficient (Wildman–Crippen LogP) is 2.62. The number of benzene rings is 1. The van der Waals surface area contributed by atoms with Gasteiger partial charge in [-0.15, -0.1) is 0 Å². The molecule has 0 atom stereocenters. The molecule has 1 nitrogen and oxygen atoms in total. The molecule has 0 aromatic heterocycles. The third-order valence-electron chi connectivity index (χ3n) is 2.36. The Balaban J connectivity index is 2.83. The van der Waals surface area contributed by atoms with Crippen molar-refractivity contribution in [1.29, 1.82) is 0 Å². The fraction of sp³-hybridized carbons (Fsp3) is 0.455. The van der Waals surface area contributed by atoms with Gasteiger partial charge in [0.15, 0.2) is 6.56 Å². The molecule has 3 heteroatoms. The van der Waals surface area contributed by atoms with Gasteiger partial charge >= 0.3 is 0 Å². The average molecular weight is 208 g/mol. The van der Waals surface area contributed by atoms with Crippen molar-refractivity contribution in [3.05, 3.63) is 35.9 Å². The Morgan fingerprint density at radius 1 is 1.14 bits per heavy atom. The van der Waals surface area contributed by atoms with Gasteiger partial charge in [0.25, 0.3) is 0 Å². The van der Waals surface area contributed by atoms with Crippen molar-refractivity contribution in [3.63, 3.8) is 0 Å². The van der Waals surface area contributed by atoms with Crippen molar-refractivity contribution >= 4 is 15.4 Å². The summed E-state index contributed by atoms with van der Waals surface area (Å²) in [5, 5.41) is 0. The molecular formula is C11H19BNS. The zero-order valence-corrected chi connectivity index (χ0v) is 10.3. The molecule has 14 heavy (non-hydrogen) atoms. The molecule has 1 radical (unpaired) electrons. The molecule has 0 aliphatic carbocycles. The van der Waals surface area contributed by atoms with Crippen LogP contribution in [0, 0.1) is 0 Å². The van der Waals surface area contributed by atoms with Gasteiger partial charge < -0.3 is 0 Å².